The molecule has 0 radical (unpaired) electrons. The third-order valence-corrected chi connectivity index (χ3v) is 5.62. The summed E-state index contributed by atoms with van der Waals surface area (Å²) in [6.45, 7) is 5.39. The quantitative estimate of drug-likeness (QED) is 0.375. The minimum Gasteiger partial charge on any atom is -0.490 e. The first-order valence-corrected chi connectivity index (χ1v) is 10.8. The van der Waals surface area contributed by atoms with E-state index < -0.39 is 0 Å². The average Bonchev–Trinajstić information content (AvgIpc) is 3.07. The molecule has 154 valence electrons. The Morgan fingerprint density at radius 2 is 1.93 bits per heavy atom. The lowest BCUT2D eigenvalue weighted by Gasteiger charge is -2.16. The van der Waals surface area contributed by atoms with Crippen LogP contribution in [0.4, 0.5) is 0 Å². The van der Waals surface area contributed by atoms with E-state index in [2.05, 4.69) is 31.6 Å². The van der Waals surface area contributed by atoms with E-state index >= 15 is 0 Å². The number of rotatable bonds is 9. The van der Waals surface area contributed by atoms with Gasteiger partial charge in [0.05, 0.1) is 13.2 Å². The third kappa shape index (κ3) is 5.32. The second-order valence-electron chi connectivity index (χ2n) is 6.17. The molecule has 0 spiro atoms. The van der Waals surface area contributed by atoms with Crippen LogP contribution in [0, 0.1) is 4.77 Å². The molecule has 6 nitrogen and oxygen atoms in total. The number of nitrogens with one attached hydrogen (secondary N) is 2. The number of hydrogen-bond donors (Lipinski definition) is 2. The lowest BCUT2D eigenvalue weighted by Crippen LogP contribution is -2.17. The Balaban J connectivity index is 1.79. The van der Waals surface area contributed by atoms with Gasteiger partial charge in [0.2, 0.25) is 4.77 Å². The second-order valence-corrected chi connectivity index (χ2v) is 7.82. The molecule has 0 aliphatic rings. The molecule has 3 aromatic rings. The van der Waals surface area contributed by atoms with E-state index in [0.717, 1.165) is 27.8 Å². The van der Waals surface area contributed by atoms with Gasteiger partial charge in [0.15, 0.2) is 17.3 Å². The van der Waals surface area contributed by atoms with Gasteiger partial charge in [0.1, 0.15) is 6.61 Å². The molecule has 29 heavy (non-hydrogen) atoms. The zero-order valence-electron chi connectivity index (χ0n) is 16.2. The van der Waals surface area contributed by atoms with Gasteiger partial charge in [0, 0.05) is 21.5 Å². The molecule has 0 aliphatic carbocycles. The van der Waals surface area contributed by atoms with Crippen molar-refractivity contribution in [2.24, 2.45) is 0 Å². The fraction of sp³-hybridized carbons (Fsp3) is 0.300. The summed E-state index contributed by atoms with van der Waals surface area (Å²) in [6.07, 6.45) is 0.764. The summed E-state index contributed by atoms with van der Waals surface area (Å²) in [6, 6.07) is 11.5. The Morgan fingerprint density at radius 3 is 2.66 bits per heavy atom. The van der Waals surface area contributed by atoms with E-state index in [4.69, 9.17) is 33.3 Å². The zero-order valence-corrected chi connectivity index (χ0v) is 19.3. The van der Waals surface area contributed by atoms with Crippen molar-refractivity contribution in [2.75, 3.05) is 12.0 Å². The summed E-state index contributed by atoms with van der Waals surface area (Å²) >= 11 is 15.1. The molecular formula is C20H22BrClN4O2S. The van der Waals surface area contributed by atoms with E-state index in [1.807, 2.05) is 50.2 Å². The zero-order chi connectivity index (χ0) is 20.8. The Kier molecular flexibility index (Phi) is 7.57. The van der Waals surface area contributed by atoms with Crippen LogP contribution in [-0.2, 0) is 19.6 Å². The molecule has 1 aromatic heterocycles. The summed E-state index contributed by atoms with van der Waals surface area (Å²) in [7, 11) is 0. The molecule has 3 rings (SSSR count). The number of H-pyrrole nitrogens is 1. The molecule has 0 saturated heterocycles. The van der Waals surface area contributed by atoms with E-state index in [0.29, 0.717) is 41.1 Å². The highest BCUT2D eigenvalue weighted by Gasteiger charge is 2.13. The Morgan fingerprint density at radius 1 is 1.17 bits per heavy atom. The molecule has 0 atom stereocenters. The summed E-state index contributed by atoms with van der Waals surface area (Å²) in [4.78, 5) is 0. The molecule has 2 aromatic carbocycles. The van der Waals surface area contributed by atoms with Crippen molar-refractivity contribution in [1.82, 2.24) is 14.9 Å². The van der Waals surface area contributed by atoms with Gasteiger partial charge in [-0.3, -0.25) is 5.10 Å². The van der Waals surface area contributed by atoms with Crippen LogP contribution in [0.3, 0.4) is 0 Å². The molecule has 9 heteroatoms. The number of hydrogen-bond acceptors (Lipinski definition) is 5. The minimum absolute atomic E-state index is 0.355. The molecule has 0 fully saturated rings. The van der Waals surface area contributed by atoms with Crippen LogP contribution in [0.2, 0.25) is 5.02 Å². The average molecular weight is 498 g/mol. The molecule has 2 N–H and O–H groups in total. The van der Waals surface area contributed by atoms with Crippen LogP contribution < -0.4 is 14.9 Å². The smallest absolute Gasteiger partial charge is 0.214 e. The van der Waals surface area contributed by atoms with Gasteiger partial charge >= 0.3 is 0 Å². The maximum absolute atomic E-state index is 6.23. The molecule has 0 amide bonds. The molecule has 0 saturated carbocycles. The van der Waals surface area contributed by atoms with Crippen LogP contribution in [0.15, 0.2) is 40.9 Å². The van der Waals surface area contributed by atoms with Crippen molar-refractivity contribution < 1.29 is 9.47 Å². The first-order chi connectivity index (χ1) is 14.0. The van der Waals surface area contributed by atoms with Gasteiger partial charge in [-0.2, -0.15) is 5.10 Å². The summed E-state index contributed by atoms with van der Waals surface area (Å²) in [5, 5.41) is 7.68. The second kappa shape index (κ2) is 10.1. The van der Waals surface area contributed by atoms with Crippen LogP contribution in [0.1, 0.15) is 30.8 Å². The first kappa shape index (κ1) is 21.7. The SMILES string of the molecule is CCOc1cc(CNn2c(CC)n[nH]c2=S)c(Br)cc1OCc1ccccc1Cl. The van der Waals surface area contributed by atoms with Gasteiger partial charge in [0.25, 0.3) is 0 Å². The highest BCUT2D eigenvalue weighted by Crippen LogP contribution is 2.35. The highest BCUT2D eigenvalue weighted by molar-refractivity contribution is 9.10. The summed E-state index contributed by atoms with van der Waals surface area (Å²) in [5.41, 5.74) is 5.22. The highest BCUT2D eigenvalue weighted by atomic mass is 79.9. The number of aryl methyl sites for hydroxylation is 1. The van der Waals surface area contributed by atoms with E-state index in [9.17, 15) is 0 Å². The number of halogens is 2. The largest absolute Gasteiger partial charge is 0.490 e. The number of aromatic amines is 1. The van der Waals surface area contributed by atoms with Crippen LogP contribution in [-0.4, -0.2) is 21.5 Å². The summed E-state index contributed by atoms with van der Waals surface area (Å²) in [5.74, 6) is 2.17. The Bertz CT molecular complexity index is 1040. The topological polar surface area (TPSA) is 64.1 Å². The summed E-state index contributed by atoms with van der Waals surface area (Å²) < 4.78 is 15.0. The number of ether oxygens (including phenoxy) is 2. The van der Waals surface area contributed by atoms with Gasteiger partial charge in [-0.05, 0) is 42.9 Å². The van der Waals surface area contributed by atoms with Crippen molar-refractivity contribution in [3.05, 3.63) is 67.6 Å². The molecule has 0 unspecified atom stereocenters. The first-order valence-electron chi connectivity index (χ1n) is 9.25. The standard InChI is InChI=1S/C20H22BrClN4O2S/c1-3-19-24-25-20(29)26(19)23-11-14-9-17(27-4-2)18(10-15(14)21)28-12-13-7-5-6-8-16(13)22/h5-10,23H,3-4,11-12H2,1-2H3,(H,25,29). The van der Waals surface area contributed by atoms with Crippen molar-refractivity contribution in [3.63, 3.8) is 0 Å². The van der Waals surface area contributed by atoms with Crippen LogP contribution >= 0.6 is 39.7 Å². The van der Waals surface area contributed by atoms with Gasteiger partial charge in [-0.15, -0.1) is 0 Å². The van der Waals surface area contributed by atoms with Crippen molar-refractivity contribution in [2.45, 2.75) is 33.4 Å². The number of aromatic nitrogens is 3. The van der Waals surface area contributed by atoms with E-state index in [-0.39, 0.29) is 0 Å². The minimum atomic E-state index is 0.355. The molecular weight excluding hydrogens is 476 g/mol. The van der Waals surface area contributed by atoms with Crippen molar-refractivity contribution >= 4 is 39.7 Å². The predicted octanol–water partition coefficient (Wildman–Crippen LogP) is 5.64. The molecule has 0 bridgehead atoms. The van der Waals surface area contributed by atoms with Crippen molar-refractivity contribution in [1.29, 1.82) is 0 Å². The maximum Gasteiger partial charge on any atom is 0.214 e. The van der Waals surface area contributed by atoms with Gasteiger partial charge < -0.3 is 14.9 Å². The predicted molar refractivity (Wildman–Crippen MR) is 121 cm³/mol. The normalized spacial score (nSPS) is 10.8. The monoisotopic (exact) mass is 496 g/mol. The third-order valence-electron chi connectivity index (χ3n) is 4.24. The van der Waals surface area contributed by atoms with Crippen molar-refractivity contribution in [3.8, 4) is 11.5 Å². The lowest BCUT2D eigenvalue weighted by molar-refractivity contribution is 0.269. The Labute approximate surface area is 188 Å². The lowest BCUT2D eigenvalue weighted by atomic mass is 10.2. The van der Waals surface area contributed by atoms with E-state index in [1.165, 1.54) is 0 Å². The fourth-order valence-electron chi connectivity index (χ4n) is 2.76. The molecule has 0 aliphatic heterocycles. The fourth-order valence-corrected chi connectivity index (χ4v) is 3.63. The van der Waals surface area contributed by atoms with Crippen LogP contribution in [0.5, 0.6) is 11.5 Å². The number of nitrogens with zero attached hydrogens (tertiary/aromatic N) is 2. The van der Waals surface area contributed by atoms with E-state index in [1.54, 1.807) is 4.68 Å². The Hall–Kier alpha value is -2.03. The van der Waals surface area contributed by atoms with Gasteiger partial charge in [-0.25, -0.2) is 4.68 Å². The van der Waals surface area contributed by atoms with Crippen LogP contribution in [0.25, 0.3) is 0 Å². The maximum atomic E-state index is 6.23. The number of benzene rings is 2. The van der Waals surface area contributed by atoms with Gasteiger partial charge in [-0.1, -0.05) is 52.7 Å². The molecule has 1 heterocycles.